The molecule has 1 aromatic rings. The first-order valence-electron chi connectivity index (χ1n) is 5.09. The minimum Gasteiger partial charge on any atom is -0.481 e. The number of hydrogen-bond acceptors (Lipinski definition) is 4. The van der Waals surface area contributed by atoms with Crippen LogP contribution in [0.4, 0.5) is 0 Å². The van der Waals surface area contributed by atoms with Gasteiger partial charge >= 0.3 is 0 Å². The molecule has 4 heteroatoms. The van der Waals surface area contributed by atoms with E-state index in [-0.39, 0.29) is 6.10 Å². The zero-order chi connectivity index (χ0) is 10.7. The molecule has 1 atom stereocenters. The average molecular weight is 208 g/mol. The third-order valence-electron chi connectivity index (χ3n) is 2.61. The van der Waals surface area contributed by atoms with Crippen molar-refractivity contribution in [2.45, 2.75) is 6.10 Å². The highest BCUT2D eigenvalue weighted by atomic mass is 16.5. The summed E-state index contributed by atoms with van der Waals surface area (Å²) in [6, 6.07) is 3.91. The fourth-order valence-corrected chi connectivity index (χ4v) is 1.72. The van der Waals surface area contributed by atoms with Gasteiger partial charge in [-0.3, -0.25) is 0 Å². The van der Waals surface area contributed by atoms with Crippen molar-refractivity contribution in [1.29, 1.82) is 0 Å². The van der Waals surface area contributed by atoms with Gasteiger partial charge < -0.3 is 14.4 Å². The number of methoxy groups -OCH3 is 1. The summed E-state index contributed by atoms with van der Waals surface area (Å²) in [4.78, 5) is 6.35. The number of pyridine rings is 1. The summed E-state index contributed by atoms with van der Waals surface area (Å²) in [5.74, 6) is 0.643. The van der Waals surface area contributed by atoms with Gasteiger partial charge in [0.2, 0.25) is 5.88 Å². The molecule has 0 aliphatic carbocycles. The SMILES string of the molecule is COc1cc([C@H]2CN(C)CCO2)ccn1. The van der Waals surface area contributed by atoms with Crippen LogP contribution in [0.25, 0.3) is 0 Å². The highest BCUT2D eigenvalue weighted by molar-refractivity contribution is 5.23. The summed E-state index contributed by atoms with van der Waals surface area (Å²) >= 11 is 0. The van der Waals surface area contributed by atoms with E-state index in [2.05, 4.69) is 16.9 Å². The monoisotopic (exact) mass is 208 g/mol. The second-order valence-corrected chi connectivity index (χ2v) is 3.75. The van der Waals surface area contributed by atoms with Crippen LogP contribution in [0.1, 0.15) is 11.7 Å². The lowest BCUT2D eigenvalue weighted by atomic mass is 10.1. The highest BCUT2D eigenvalue weighted by Gasteiger charge is 2.19. The zero-order valence-electron chi connectivity index (χ0n) is 9.14. The molecule has 2 heterocycles. The molecular weight excluding hydrogens is 192 g/mol. The first kappa shape index (κ1) is 10.4. The summed E-state index contributed by atoms with van der Waals surface area (Å²) in [7, 11) is 3.73. The van der Waals surface area contributed by atoms with Crippen molar-refractivity contribution < 1.29 is 9.47 Å². The van der Waals surface area contributed by atoms with Gasteiger partial charge in [-0.1, -0.05) is 0 Å². The highest BCUT2D eigenvalue weighted by Crippen LogP contribution is 2.23. The van der Waals surface area contributed by atoms with Crippen molar-refractivity contribution in [2.24, 2.45) is 0 Å². The molecule has 0 bridgehead atoms. The smallest absolute Gasteiger partial charge is 0.213 e. The van der Waals surface area contributed by atoms with Gasteiger partial charge in [0.25, 0.3) is 0 Å². The summed E-state index contributed by atoms with van der Waals surface area (Å²) in [6.07, 6.45) is 1.90. The molecular formula is C11H16N2O2. The molecule has 1 saturated heterocycles. The molecule has 0 unspecified atom stereocenters. The third kappa shape index (κ3) is 2.46. The Morgan fingerprint density at radius 3 is 3.20 bits per heavy atom. The Balaban J connectivity index is 2.13. The minimum atomic E-state index is 0.139. The van der Waals surface area contributed by atoms with E-state index in [0.717, 1.165) is 25.3 Å². The topological polar surface area (TPSA) is 34.6 Å². The lowest BCUT2D eigenvalue weighted by Gasteiger charge is -2.30. The first-order chi connectivity index (χ1) is 7.29. The molecule has 0 radical (unpaired) electrons. The molecule has 1 aliphatic heterocycles. The number of rotatable bonds is 2. The Hall–Kier alpha value is -1.13. The second kappa shape index (κ2) is 4.59. The van der Waals surface area contributed by atoms with E-state index in [1.165, 1.54) is 0 Å². The number of nitrogens with zero attached hydrogens (tertiary/aromatic N) is 2. The van der Waals surface area contributed by atoms with Crippen LogP contribution < -0.4 is 4.74 Å². The standard InChI is InChI=1S/C11H16N2O2/c1-13-5-6-15-10(8-13)9-3-4-12-11(7-9)14-2/h3-4,7,10H,5-6,8H2,1-2H3/t10-/m1/s1. The molecule has 0 saturated carbocycles. The molecule has 4 nitrogen and oxygen atoms in total. The van der Waals surface area contributed by atoms with Crippen molar-refractivity contribution in [1.82, 2.24) is 9.88 Å². The Kier molecular flexibility index (Phi) is 3.18. The van der Waals surface area contributed by atoms with E-state index in [1.807, 2.05) is 12.1 Å². The predicted molar refractivity (Wildman–Crippen MR) is 57.0 cm³/mol. The number of aromatic nitrogens is 1. The van der Waals surface area contributed by atoms with Crippen LogP contribution in [0.2, 0.25) is 0 Å². The fourth-order valence-electron chi connectivity index (χ4n) is 1.72. The van der Waals surface area contributed by atoms with Crippen molar-refractivity contribution in [3.05, 3.63) is 23.9 Å². The average Bonchev–Trinajstić information content (AvgIpc) is 2.29. The Bertz CT molecular complexity index is 330. The Labute approximate surface area is 89.8 Å². The van der Waals surface area contributed by atoms with Gasteiger partial charge in [0, 0.05) is 25.4 Å². The molecule has 15 heavy (non-hydrogen) atoms. The minimum absolute atomic E-state index is 0.139. The third-order valence-corrected chi connectivity index (χ3v) is 2.61. The van der Waals surface area contributed by atoms with Gasteiger partial charge in [-0.25, -0.2) is 4.98 Å². The molecule has 0 amide bonds. The van der Waals surface area contributed by atoms with Gasteiger partial charge in [-0.2, -0.15) is 0 Å². The fraction of sp³-hybridized carbons (Fsp3) is 0.545. The maximum Gasteiger partial charge on any atom is 0.213 e. The summed E-state index contributed by atoms with van der Waals surface area (Å²) < 4.78 is 10.8. The van der Waals surface area contributed by atoms with E-state index < -0.39 is 0 Å². The number of hydrogen-bond donors (Lipinski definition) is 0. The lowest BCUT2D eigenvalue weighted by molar-refractivity contribution is -0.0210. The molecule has 0 spiro atoms. The van der Waals surface area contributed by atoms with Crippen molar-refractivity contribution in [3.63, 3.8) is 0 Å². The van der Waals surface area contributed by atoms with Crippen LogP contribution in [0.15, 0.2) is 18.3 Å². The van der Waals surface area contributed by atoms with E-state index in [9.17, 15) is 0 Å². The lowest BCUT2D eigenvalue weighted by Crippen LogP contribution is -2.35. The number of morpholine rings is 1. The summed E-state index contributed by atoms with van der Waals surface area (Å²) in [6.45, 7) is 2.71. The van der Waals surface area contributed by atoms with Crippen molar-refractivity contribution in [3.8, 4) is 5.88 Å². The van der Waals surface area contributed by atoms with Gasteiger partial charge in [0.15, 0.2) is 0 Å². The molecule has 82 valence electrons. The zero-order valence-corrected chi connectivity index (χ0v) is 9.14. The van der Waals surface area contributed by atoms with Crippen LogP contribution in [-0.2, 0) is 4.74 Å². The molecule has 0 aromatic carbocycles. The number of ether oxygens (including phenoxy) is 2. The van der Waals surface area contributed by atoms with Crippen LogP contribution in [-0.4, -0.2) is 43.7 Å². The van der Waals surface area contributed by atoms with Crippen LogP contribution in [0, 0.1) is 0 Å². The van der Waals surface area contributed by atoms with Crippen molar-refractivity contribution >= 4 is 0 Å². The second-order valence-electron chi connectivity index (χ2n) is 3.75. The molecule has 1 fully saturated rings. The van der Waals surface area contributed by atoms with Gasteiger partial charge in [-0.05, 0) is 18.7 Å². The molecule has 1 aromatic heterocycles. The van der Waals surface area contributed by atoms with E-state index in [4.69, 9.17) is 9.47 Å². The normalized spacial score (nSPS) is 22.7. The van der Waals surface area contributed by atoms with Crippen LogP contribution in [0.5, 0.6) is 5.88 Å². The quantitative estimate of drug-likeness (QED) is 0.728. The van der Waals surface area contributed by atoms with Crippen LogP contribution >= 0.6 is 0 Å². The van der Waals surface area contributed by atoms with E-state index in [1.54, 1.807) is 13.3 Å². The maximum absolute atomic E-state index is 5.71. The molecule has 0 N–H and O–H groups in total. The predicted octanol–water partition coefficient (Wildman–Crippen LogP) is 1.09. The summed E-state index contributed by atoms with van der Waals surface area (Å²) in [5, 5.41) is 0. The molecule has 1 aliphatic rings. The van der Waals surface area contributed by atoms with Crippen LogP contribution in [0.3, 0.4) is 0 Å². The first-order valence-corrected chi connectivity index (χ1v) is 5.09. The van der Waals surface area contributed by atoms with E-state index >= 15 is 0 Å². The van der Waals surface area contributed by atoms with Crippen molar-refractivity contribution in [2.75, 3.05) is 33.9 Å². The summed E-state index contributed by atoms with van der Waals surface area (Å²) in [5.41, 5.74) is 1.13. The van der Waals surface area contributed by atoms with E-state index in [0.29, 0.717) is 5.88 Å². The van der Waals surface area contributed by atoms with Gasteiger partial charge in [-0.15, -0.1) is 0 Å². The Morgan fingerprint density at radius 1 is 1.60 bits per heavy atom. The number of likely N-dealkylation sites (N-methyl/N-ethyl adjacent to an activating group) is 1. The maximum atomic E-state index is 5.71. The largest absolute Gasteiger partial charge is 0.481 e. The Morgan fingerprint density at radius 2 is 2.47 bits per heavy atom. The molecule has 2 rings (SSSR count). The van der Waals surface area contributed by atoms with Gasteiger partial charge in [0.1, 0.15) is 0 Å². The van der Waals surface area contributed by atoms with Gasteiger partial charge in [0.05, 0.1) is 19.8 Å².